The average molecular weight is 565 g/mol. The van der Waals surface area contributed by atoms with Gasteiger partial charge in [-0.05, 0) is 85.3 Å². The van der Waals surface area contributed by atoms with Crippen molar-refractivity contribution in [3.63, 3.8) is 0 Å². The fourth-order valence-corrected chi connectivity index (χ4v) is 8.01. The predicted octanol–water partition coefficient (Wildman–Crippen LogP) is 3.27. The summed E-state index contributed by atoms with van der Waals surface area (Å²) < 4.78 is 56.4. The number of amidine groups is 1. The number of fused-ring (bicyclic) bond motifs is 2. The summed E-state index contributed by atoms with van der Waals surface area (Å²) in [6, 6.07) is 18.8. The number of aryl methyl sites for hydroxylation is 2. The van der Waals surface area contributed by atoms with Gasteiger partial charge in [-0.25, -0.2) is 8.42 Å². The predicted molar refractivity (Wildman–Crippen MR) is 148 cm³/mol. The van der Waals surface area contributed by atoms with Gasteiger partial charge in [-0.15, -0.1) is 4.40 Å². The zero-order valence-electron chi connectivity index (χ0n) is 21.2. The van der Waals surface area contributed by atoms with Crippen LogP contribution in [0.4, 0.5) is 5.69 Å². The van der Waals surface area contributed by atoms with Crippen molar-refractivity contribution in [2.75, 3.05) is 31.5 Å². The lowest BCUT2D eigenvalue weighted by molar-refractivity contribution is 0.0698. The molecule has 3 aliphatic rings. The van der Waals surface area contributed by atoms with E-state index in [0.717, 1.165) is 31.2 Å². The van der Waals surface area contributed by atoms with Crippen molar-refractivity contribution < 1.29 is 21.6 Å². The van der Waals surface area contributed by atoms with Crippen molar-refractivity contribution in [2.24, 2.45) is 4.40 Å². The first-order chi connectivity index (χ1) is 18.7. The van der Waals surface area contributed by atoms with Crippen LogP contribution in [-0.2, 0) is 32.9 Å². The van der Waals surface area contributed by atoms with Gasteiger partial charge in [0, 0.05) is 43.0 Å². The van der Waals surface area contributed by atoms with E-state index in [9.17, 15) is 21.6 Å². The lowest BCUT2D eigenvalue weighted by Gasteiger charge is -2.34. The van der Waals surface area contributed by atoms with Crippen molar-refractivity contribution in [3.8, 4) is 0 Å². The number of anilines is 1. The fraction of sp³-hybridized carbons (Fsp3) is 0.286. The van der Waals surface area contributed by atoms with Gasteiger partial charge in [0.1, 0.15) is 4.90 Å². The normalized spacial score (nSPS) is 18.7. The van der Waals surface area contributed by atoms with Gasteiger partial charge in [0.05, 0.1) is 4.90 Å². The van der Waals surface area contributed by atoms with Gasteiger partial charge >= 0.3 is 0 Å². The van der Waals surface area contributed by atoms with E-state index in [1.165, 1.54) is 15.9 Å². The monoisotopic (exact) mass is 564 g/mol. The Labute approximate surface area is 228 Å². The third-order valence-corrected chi connectivity index (χ3v) is 10.7. The molecule has 1 N–H and O–H groups in total. The van der Waals surface area contributed by atoms with Crippen LogP contribution >= 0.6 is 0 Å². The van der Waals surface area contributed by atoms with Crippen molar-refractivity contribution in [3.05, 3.63) is 89.0 Å². The number of piperazine rings is 1. The van der Waals surface area contributed by atoms with Gasteiger partial charge < -0.3 is 10.2 Å². The molecule has 3 aromatic rings. The molecule has 0 spiro atoms. The maximum atomic E-state index is 13.3. The molecule has 6 rings (SSSR count). The van der Waals surface area contributed by atoms with Crippen LogP contribution in [0.1, 0.15) is 39.9 Å². The van der Waals surface area contributed by atoms with E-state index in [4.69, 9.17) is 0 Å². The number of hydrogen-bond donors (Lipinski definition) is 1. The minimum Gasteiger partial charge on any atom is -0.339 e. The second kappa shape index (κ2) is 9.89. The van der Waals surface area contributed by atoms with Crippen LogP contribution in [0.3, 0.4) is 0 Å². The molecule has 0 radical (unpaired) electrons. The molecule has 0 unspecified atom stereocenters. The fourth-order valence-electron chi connectivity index (χ4n) is 5.36. The third-order valence-electron chi connectivity index (χ3n) is 7.51. The Morgan fingerprint density at radius 3 is 2.28 bits per heavy atom. The Bertz CT molecular complexity index is 1690. The van der Waals surface area contributed by atoms with Crippen LogP contribution in [0.2, 0.25) is 0 Å². The summed E-state index contributed by atoms with van der Waals surface area (Å²) in [5.74, 6) is 0.0550. The quantitative estimate of drug-likeness (QED) is 0.520. The van der Waals surface area contributed by atoms with E-state index >= 15 is 0 Å². The summed E-state index contributed by atoms with van der Waals surface area (Å²) >= 11 is 0. The standard InChI is InChI=1S/C28H28N4O5S2/c33-28(21-9-12-23(13-10-21)29-27-25-7-3-4-8-26(25)38(34,35)30-27)31-15-17-32(18-16-31)39(36,37)24-14-11-20-5-1-2-6-22(20)19-24/h3-4,7-14,19H,1-2,5-6,15-18H2,(H,29,30). The molecule has 1 fully saturated rings. The number of carbonyl (C=O) groups is 1. The van der Waals surface area contributed by atoms with Crippen molar-refractivity contribution in [1.82, 2.24) is 9.21 Å². The molecule has 1 amide bonds. The summed E-state index contributed by atoms with van der Waals surface area (Å²) in [6.07, 6.45) is 4.13. The van der Waals surface area contributed by atoms with E-state index in [2.05, 4.69) is 9.71 Å². The lowest BCUT2D eigenvalue weighted by Crippen LogP contribution is -2.50. The smallest absolute Gasteiger partial charge is 0.285 e. The molecule has 0 saturated carbocycles. The average Bonchev–Trinajstić information content (AvgIpc) is 3.22. The van der Waals surface area contributed by atoms with Crippen LogP contribution in [0, 0.1) is 0 Å². The SMILES string of the molecule is O=C(c1ccc(NC2=NS(=O)(=O)c3ccccc32)cc1)N1CCN(S(=O)(=O)c2ccc3c(c2)CCCC3)CC1. The van der Waals surface area contributed by atoms with E-state index in [0.29, 0.717) is 34.8 Å². The minimum atomic E-state index is -3.73. The molecule has 202 valence electrons. The number of rotatable bonds is 4. The molecular weight excluding hydrogens is 536 g/mol. The van der Waals surface area contributed by atoms with Crippen LogP contribution in [0.5, 0.6) is 0 Å². The summed E-state index contributed by atoms with van der Waals surface area (Å²) in [5, 5.41) is 3.03. The highest BCUT2D eigenvalue weighted by Crippen LogP contribution is 2.28. The Morgan fingerprint density at radius 1 is 0.846 bits per heavy atom. The molecule has 1 saturated heterocycles. The molecule has 2 aliphatic heterocycles. The topological polar surface area (TPSA) is 116 Å². The Morgan fingerprint density at radius 2 is 1.54 bits per heavy atom. The van der Waals surface area contributed by atoms with Crippen LogP contribution in [-0.4, -0.2) is 64.0 Å². The Hall–Kier alpha value is -3.54. The lowest BCUT2D eigenvalue weighted by atomic mass is 9.92. The van der Waals surface area contributed by atoms with Crippen LogP contribution in [0.25, 0.3) is 0 Å². The molecular formula is C28H28N4O5S2. The van der Waals surface area contributed by atoms with Gasteiger partial charge in [-0.3, -0.25) is 4.79 Å². The molecule has 2 heterocycles. The largest absolute Gasteiger partial charge is 0.339 e. The van der Waals surface area contributed by atoms with E-state index in [1.807, 2.05) is 12.1 Å². The zero-order valence-corrected chi connectivity index (χ0v) is 22.8. The number of nitrogens with one attached hydrogen (secondary N) is 1. The zero-order chi connectivity index (χ0) is 27.2. The molecule has 0 atom stereocenters. The second-order valence-corrected chi connectivity index (χ2v) is 13.5. The number of hydrogen-bond acceptors (Lipinski definition) is 6. The first-order valence-corrected chi connectivity index (χ1v) is 15.8. The number of nitrogens with zero attached hydrogens (tertiary/aromatic N) is 3. The van der Waals surface area contributed by atoms with Crippen molar-refractivity contribution >= 4 is 37.5 Å². The van der Waals surface area contributed by atoms with Gasteiger partial charge in [-0.1, -0.05) is 18.2 Å². The minimum absolute atomic E-state index is 0.159. The van der Waals surface area contributed by atoms with Gasteiger partial charge in [0.2, 0.25) is 10.0 Å². The molecule has 11 heteroatoms. The summed E-state index contributed by atoms with van der Waals surface area (Å²) in [5.41, 5.74) is 3.93. The highest BCUT2D eigenvalue weighted by Gasteiger charge is 2.31. The maximum Gasteiger partial charge on any atom is 0.285 e. The van der Waals surface area contributed by atoms with Crippen LogP contribution < -0.4 is 5.32 Å². The molecule has 0 aromatic heterocycles. The third kappa shape index (κ3) is 4.86. The number of amides is 1. The first kappa shape index (κ1) is 25.7. The van der Waals surface area contributed by atoms with Gasteiger partial charge in [-0.2, -0.15) is 12.7 Å². The van der Waals surface area contributed by atoms with Gasteiger partial charge in [0.15, 0.2) is 5.84 Å². The van der Waals surface area contributed by atoms with E-state index in [-0.39, 0.29) is 29.7 Å². The number of sulfonamides is 2. The van der Waals surface area contributed by atoms with E-state index in [1.54, 1.807) is 53.4 Å². The van der Waals surface area contributed by atoms with Crippen LogP contribution in [0.15, 0.2) is 80.9 Å². The molecule has 9 nitrogen and oxygen atoms in total. The summed E-state index contributed by atoms with van der Waals surface area (Å²) in [6.45, 7) is 1.07. The molecule has 3 aromatic carbocycles. The molecule has 0 bridgehead atoms. The van der Waals surface area contributed by atoms with Gasteiger partial charge in [0.25, 0.3) is 15.9 Å². The molecule has 39 heavy (non-hydrogen) atoms. The maximum absolute atomic E-state index is 13.3. The highest BCUT2D eigenvalue weighted by molar-refractivity contribution is 7.90. The Kier molecular flexibility index (Phi) is 6.52. The van der Waals surface area contributed by atoms with Crippen molar-refractivity contribution in [1.29, 1.82) is 0 Å². The highest BCUT2D eigenvalue weighted by atomic mass is 32.2. The molecule has 1 aliphatic carbocycles. The Balaban J connectivity index is 1.10. The second-order valence-electron chi connectivity index (χ2n) is 9.95. The number of carbonyl (C=O) groups excluding carboxylic acids is 1. The first-order valence-electron chi connectivity index (χ1n) is 13.0. The summed E-state index contributed by atoms with van der Waals surface area (Å²) in [7, 11) is -7.35. The summed E-state index contributed by atoms with van der Waals surface area (Å²) in [4.78, 5) is 15.3. The number of benzene rings is 3. The van der Waals surface area contributed by atoms with Crippen molar-refractivity contribution in [2.45, 2.75) is 35.5 Å². The van der Waals surface area contributed by atoms with E-state index < -0.39 is 20.0 Å².